The number of para-hydroxylation sites is 1. The molecule has 0 aliphatic carbocycles. The van der Waals surface area contributed by atoms with Gasteiger partial charge in [-0.3, -0.25) is 14.5 Å². The van der Waals surface area contributed by atoms with Crippen LogP contribution in [0.1, 0.15) is 18.9 Å². The van der Waals surface area contributed by atoms with Crippen molar-refractivity contribution in [2.45, 2.75) is 20.3 Å². The van der Waals surface area contributed by atoms with E-state index in [-0.39, 0.29) is 24.9 Å². The first kappa shape index (κ1) is 22.2. The van der Waals surface area contributed by atoms with Gasteiger partial charge in [0.15, 0.2) is 0 Å². The van der Waals surface area contributed by atoms with Crippen molar-refractivity contribution in [1.82, 2.24) is 4.90 Å². The molecular weight excluding hydrogens is 370 g/mol. The molecule has 0 bridgehead atoms. The molecule has 0 aromatic heterocycles. The minimum absolute atomic E-state index is 0.101. The van der Waals surface area contributed by atoms with E-state index in [0.717, 1.165) is 17.7 Å². The van der Waals surface area contributed by atoms with E-state index in [0.29, 0.717) is 23.7 Å². The highest BCUT2D eigenvalue weighted by atomic mass is 16.5. The summed E-state index contributed by atoms with van der Waals surface area (Å²) in [6, 6.07) is 12.8. The van der Waals surface area contributed by atoms with Gasteiger partial charge in [-0.1, -0.05) is 25.1 Å². The van der Waals surface area contributed by atoms with Crippen molar-refractivity contribution in [1.29, 1.82) is 0 Å². The Morgan fingerprint density at radius 3 is 2.17 bits per heavy atom. The molecule has 0 unspecified atom stereocenters. The van der Waals surface area contributed by atoms with E-state index in [1.807, 2.05) is 43.0 Å². The molecule has 2 amide bonds. The maximum absolute atomic E-state index is 12.5. The first-order valence-electron chi connectivity index (χ1n) is 9.56. The zero-order valence-corrected chi connectivity index (χ0v) is 17.5. The van der Waals surface area contributed by atoms with E-state index in [1.54, 1.807) is 25.3 Å². The molecule has 2 N–H and O–H groups in total. The SMILES string of the molecule is CCCN(CC(=O)Nc1ccccc1C)CC(=O)Nc1ccc(OC)cc1OC. The Hall–Kier alpha value is -3.06. The topological polar surface area (TPSA) is 79.9 Å². The van der Waals surface area contributed by atoms with Gasteiger partial charge in [0, 0.05) is 11.8 Å². The average molecular weight is 399 g/mol. The van der Waals surface area contributed by atoms with Crippen LogP contribution in [0.2, 0.25) is 0 Å². The third kappa shape index (κ3) is 6.80. The molecule has 0 fully saturated rings. The highest BCUT2D eigenvalue weighted by Gasteiger charge is 2.16. The molecule has 0 saturated heterocycles. The number of nitrogens with zero attached hydrogens (tertiary/aromatic N) is 1. The number of methoxy groups -OCH3 is 2. The second-order valence-corrected chi connectivity index (χ2v) is 6.69. The van der Waals surface area contributed by atoms with Crippen molar-refractivity contribution >= 4 is 23.2 Å². The summed E-state index contributed by atoms with van der Waals surface area (Å²) in [6.45, 7) is 4.82. The maximum Gasteiger partial charge on any atom is 0.238 e. The van der Waals surface area contributed by atoms with Crippen LogP contribution < -0.4 is 20.1 Å². The zero-order valence-electron chi connectivity index (χ0n) is 17.5. The Balaban J connectivity index is 1.98. The number of nitrogens with one attached hydrogen (secondary N) is 2. The summed E-state index contributed by atoms with van der Waals surface area (Å²) in [5.41, 5.74) is 2.33. The number of anilines is 2. The van der Waals surface area contributed by atoms with Crippen LogP contribution in [-0.2, 0) is 9.59 Å². The summed E-state index contributed by atoms with van der Waals surface area (Å²) < 4.78 is 10.5. The van der Waals surface area contributed by atoms with Gasteiger partial charge in [0.25, 0.3) is 0 Å². The minimum atomic E-state index is -0.217. The summed E-state index contributed by atoms with van der Waals surface area (Å²) in [4.78, 5) is 26.8. The molecule has 7 heteroatoms. The van der Waals surface area contributed by atoms with Crippen molar-refractivity contribution in [2.24, 2.45) is 0 Å². The summed E-state index contributed by atoms with van der Waals surface area (Å²) in [6.07, 6.45) is 0.830. The van der Waals surface area contributed by atoms with E-state index in [4.69, 9.17) is 9.47 Å². The van der Waals surface area contributed by atoms with Gasteiger partial charge in [-0.2, -0.15) is 0 Å². The molecule has 156 valence electrons. The second-order valence-electron chi connectivity index (χ2n) is 6.69. The number of rotatable bonds is 10. The van der Waals surface area contributed by atoms with Crippen molar-refractivity contribution in [3.8, 4) is 11.5 Å². The summed E-state index contributed by atoms with van der Waals surface area (Å²) in [5, 5.41) is 5.75. The summed E-state index contributed by atoms with van der Waals surface area (Å²) in [7, 11) is 3.10. The average Bonchev–Trinajstić information content (AvgIpc) is 2.70. The zero-order chi connectivity index (χ0) is 21.2. The molecule has 0 radical (unpaired) electrons. The van der Waals surface area contributed by atoms with Crippen LogP contribution in [0.4, 0.5) is 11.4 Å². The minimum Gasteiger partial charge on any atom is -0.497 e. The summed E-state index contributed by atoms with van der Waals surface area (Å²) >= 11 is 0. The van der Waals surface area contributed by atoms with Crippen LogP contribution in [0.5, 0.6) is 11.5 Å². The van der Waals surface area contributed by atoms with Gasteiger partial charge in [-0.25, -0.2) is 0 Å². The Bertz CT molecular complexity index is 839. The maximum atomic E-state index is 12.5. The molecule has 0 aliphatic heterocycles. The fourth-order valence-electron chi connectivity index (χ4n) is 2.93. The van der Waals surface area contributed by atoms with E-state index >= 15 is 0 Å². The second kappa shape index (κ2) is 11.1. The van der Waals surface area contributed by atoms with E-state index in [1.165, 1.54) is 7.11 Å². The fourth-order valence-corrected chi connectivity index (χ4v) is 2.93. The molecule has 0 atom stereocenters. The molecule has 2 aromatic carbocycles. The van der Waals surface area contributed by atoms with Gasteiger partial charge in [0.2, 0.25) is 11.8 Å². The van der Waals surface area contributed by atoms with Crippen LogP contribution in [0, 0.1) is 6.92 Å². The lowest BCUT2D eigenvalue weighted by atomic mass is 10.2. The monoisotopic (exact) mass is 399 g/mol. The Morgan fingerprint density at radius 1 is 0.931 bits per heavy atom. The number of amides is 2. The standard InChI is InChI=1S/C22H29N3O4/c1-5-12-25(14-21(26)23-18-9-7-6-8-16(18)2)15-22(27)24-19-11-10-17(28-3)13-20(19)29-4/h6-11,13H,5,12,14-15H2,1-4H3,(H,23,26)(H,24,27). The normalized spacial score (nSPS) is 10.5. The molecule has 7 nitrogen and oxygen atoms in total. The van der Waals surface area contributed by atoms with Crippen LogP contribution in [0.25, 0.3) is 0 Å². The van der Waals surface area contributed by atoms with Crippen molar-refractivity contribution in [3.05, 3.63) is 48.0 Å². The number of benzene rings is 2. The lowest BCUT2D eigenvalue weighted by Crippen LogP contribution is -2.39. The predicted molar refractivity (Wildman–Crippen MR) is 115 cm³/mol. The van der Waals surface area contributed by atoms with Gasteiger partial charge in [0.1, 0.15) is 11.5 Å². The highest BCUT2D eigenvalue weighted by molar-refractivity contribution is 5.95. The number of ether oxygens (including phenoxy) is 2. The van der Waals surface area contributed by atoms with Gasteiger partial charge >= 0.3 is 0 Å². The molecule has 2 rings (SSSR count). The lowest BCUT2D eigenvalue weighted by Gasteiger charge is -2.21. The van der Waals surface area contributed by atoms with E-state index in [9.17, 15) is 9.59 Å². The predicted octanol–water partition coefficient (Wildman–Crippen LogP) is 3.30. The smallest absolute Gasteiger partial charge is 0.238 e. The Labute approximate surface area is 172 Å². The van der Waals surface area contributed by atoms with Crippen molar-refractivity contribution in [3.63, 3.8) is 0 Å². The first-order valence-corrected chi connectivity index (χ1v) is 9.56. The number of aryl methyl sites for hydroxylation is 1. The third-order valence-corrected chi connectivity index (χ3v) is 4.38. The van der Waals surface area contributed by atoms with Crippen LogP contribution in [-0.4, -0.2) is 50.6 Å². The van der Waals surface area contributed by atoms with E-state index in [2.05, 4.69) is 10.6 Å². The number of hydrogen-bond acceptors (Lipinski definition) is 5. The highest BCUT2D eigenvalue weighted by Crippen LogP contribution is 2.28. The first-order chi connectivity index (χ1) is 14.0. The van der Waals surface area contributed by atoms with Crippen molar-refractivity contribution in [2.75, 3.05) is 44.5 Å². The van der Waals surface area contributed by atoms with Gasteiger partial charge in [0.05, 0.1) is 33.0 Å². The number of carbonyl (C=O) groups excluding carboxylic acids is 2. The molecule has 0 aliphatic rings. The lowest BCUT2D eigenvalue weighted by molar-refractivity contribution is -0.120. The van der Waals surface area contributed by atoms with Gasteiger partial charge < -0.3 is 20.1 Å². The Morgan fingerprint density at radius 2 is 1.59 bits per heavy atom. The third-order valence-electron chi connectivity index (χ3n) is 4.38. The molecule has 0 heterocycles. The molecule has 0 spiro atoms. The molecule has 0 saturated carbocycles. The largest absolute Gasteiger partial charge is 0.497 e. The van der Waals surface area contributed by atoms with E-state index < -0.39 is 0 Å². The van der Waals surface area contributed by atoms with Crippen LogP contribution in [0.3, 0.4) is 0 Å². The Kier molecular flexibility index (Phi) is 8.48. The summed E-state index contributed by atoms with van der Waals surface area (Å²) in [5.74, 6) is 0.783. The van der Waals surface area contributed by atoms with Crippen molar-refractivity contribution < 1.29 is 19.1 Å². The van der Waals surface area contributed by atoms with Gasteiger partial charge in [-0.15, -0.1) is 0 Å². The molecule has 2 aromatic rings. The molecule has 29 heavy (non-hydrogen) atoms. The van der Waals surface area contributed by atoms with Gasteiger partial charge in [-0.05, 0) is 43.7 Å². The number of hydrogen-bond donors (Lipinski definition) is 2. The van der Waals surface area contributed by atoms with Crippen LogP contribution in [0.15, 0.2) is 42.5 Å². The van der Waals surface area contributed by atoms with Crippen LogP contribution >= 0.6 is 0 Å². The fraction of sp³-hybridized carbons (Fsp3) is 0.364. The quantitative estimate of drug-likeness (QED) is 0.641. The molecular formula is C22H29N3O4. The number of carbonyl (C=O) groups is 2.